The quantitative estimate of drug-likeness (QED) is 0.915. The van der Waals surface area contributed by atoms with Crippen molar-refractivity contribution in [2.24, 2.45) is 5.92 Å². The van der Waals surface area contributed by atoms with E-state index in [1.165, 1.54) is 0 Å². The average Bonchev–Trinajstić information content (AvgIpc) is 3.17. The number of carbonyl (C=O) groups is 2. The minimum absolute atomic E-state index is 0.0582. The van der Waals surface area contributed by atoms with Gasteiger partial charge in [0.05, 0.1) is 5.92 Å². The van der Waals surface area contributed by atoms with E-state index in [0.29, 0.717) is 13.2 Å². The molecule has 1 aromatic rings. The van der Waals surface area contributed by atoms with Crippen molar-refractivity contribution in [3.05, 3.63) is 35.9 Å². The molecule has 0 aromatic heterocycles. The first-order valence-corrected chi connectivity index (χ1v) is 7.35. The van der Waals surface area contributed by atoms with Crippen LogP contribution in [-0.4, -0.2) is 47.7 Å². The third kappa shape index (κ3) is 2.78. The number of hydrogen-bond acceptors (Lipinski definition) is 3. The van der Waals surface area contributed by atoms with Crippen LogP contribution in [0.25, 0.3) is 0 Å². The van der Waals surface area contributed by atoms with Crippen molar-refractivity contribution >= 4 is 11.9 Å². The van der Waals surface area contributed by atoms with Crippen molar-refractivity contribution in [1.29, 1.82) is 0 Å². The van der Waals surface area contributed by atoms with Crippen LogP contribution in [0.15, 0.2) is 30.3 Å². The molecule has 2 aliphatic heterocycles. The monoisotopic (exact) mass is 289 g/mol. The highest BCUT2D eigenvalue weighted by Crippen LogP contribution is 2.33. The molecule has 0 unspecified atom stereocenters. The van der Waals surface area contributed by atoms with Crippen LogP contribution in [0.5, 0.6) is 0 Å². The molecule has 3 rings (SSSR count). The molecular formula is C16H19NO4. The molecule has 2 saturated heterocycles. The maximum absolute atomic E-state index is 12.4. The zero-order valence-electron chi connectivity index (χ0n) is 11.8. The summed E-state index contributed by atoms with van der Waals surface area (Å²) in [6.45, 7) is 1.35. The van der Waals surface area contributed by atoms with Gasteiger partial charge in [0.2, 0.25) is 0 Å². The van der Waals surface area contributed by atoms with Gasteiger partial charge in [-0.1, -0.05) is 30.3 Å². The van der Waals surface area contributed by atoms with Gasteiger partial charge in [0.15, 0.2) is 0 Å². The van der Waals surface area contributed by atoms with Crippen LogP contribution in [0, 0.1) is 5.92 Å². The van der Waals surface area contributed by atoms with Crippen LogP contribution in [0.3, 0.4) is 0 Å². The summed E-state index contributed by atoms with van der Waals surface area (Å²) in [5, 5.41) is 9.44. The molecule has 0 saturated carbocycles. The second-order valence-corrected chi connectivity index (χ2v) is 5.71. The molecule has 2 fully saturated rings. The lowest BCUT2D eigenvalue weighted by Crippen LogP contribution is -2.37. The van der Waals surface area contributed by atoms with Crippen molar-refractivity contribution in [1.82, 2.24) is 4.90 Å². The van der Waals surface area contributed by atoms with Gasteiger partial charge in [-0.25, -0.2) is 0 Å². The first kappa shape index (κ1) is 14.1. The van der Waals surface area contributed by atoms with Gasteiger partial charge in [-0.05, 0) is 18.4 Å². The molecule has 1 aromatic carbocycles. The van der Waals surface area contributed by atoms with Crippen LogP contribution in [0.2, 0.25) is 0 Å². The number of likely N-dealkylation sites (tertiary alicyclic amines) is 1. The lowest BCUT2D eigenvalue weighted by Gasteiger charge is -2.20. The molecule has 2 heterocycles. The zero-order valence-corrected chi connectivity index (χ0v) is 11.8. The van der Waals surface area contributed by atoms with E-state index in [4.69, 9.17) is 4.74 Å². The second kappa shape index (κ2) is 5.85. The minimum atomic E-state index is -0.841. The van der Waals surface area contributed by atoms with Gasteiger partial charge >= 0.3 is 5.97 Å². The van der Waals surface area contributed by atoms with Crippen molar-refractivity contribution in [3.8, 4) is 0 Å². The Bertz CT molecular complexity index is 524. The van der Waals surface area contributed by atoms with Crippen molar-refractivity contribution in [2.45, 2.75) is 24.9 Å². The summed E-state index contributed by atoms with van der Waals surface area (Å²) in [6.07, 6.45) is 1.26. The summed E-state index contributed by atoms with van der Waals surface area (Å²) in [7, 11) is 0. The van der Waals surface area contributed by atoms with Gasteiger partial charge in [-0.3, -0.25) is 9.59 Å². The number of hydrogen-bond donors (Lipinski definition) is 1. The fraction of sp³-hybridized carbons (Fsp3) is 0.500. The predicted molar refractivity (Wildman–Crippen MR) is 75.9 cm³/mol. The Kier molecular flexibility index (Phi) is 3.92. The summed E-state index contributed by atoms with van der Waals surface area (Å²) in [4.78, 5) is 25.6. The Morgan fingerprint density at radius 2 is 1.95 bits per heavy atom. The third-order valence-electron chi connectivity index (χ3n) is 4.38. The van der Waals surface area contributed by atoms with Crippen LogP contribution in [0.4, 0.5) is 0 Å². The van der Waals surface area contributed by atoms with Gasteiger partial charge in [0.1, 0.15) is 6.10 Å². The van der Waals surface area contributed by atoms with Gasteiger partial charge in [0.25, 0.3) is 5.91 Å². The molecule has 1 N–H and O–H groups in total. The smallest absolute Gasteiger partial charge is 0.308 e. The molecule has 21 heavy (non-hydrogen) atoms. The topological polar surface area (TPSA) is 66.8 Å². The van der Waals surface area contributed by atoms with Crippen molar-refractivity contribution < 1.29 is 19.4 Å². The van der Waals surface area contributed by atoms with E-state index >= 15 is 0 Å². The molecule has 0 radical (unpaired) electrons. The van der Waals surface area contributed by atoms with E-state index in [1.54, 1.807) is 4.90 Å². The fourth-order valence-electron chi connectivity index (χ4n) is 3.25. The van der Waals surface area contributed by atoms with E-state index in [-0.39, 0.29) is 24.5 Å². The van der Waals surface area contributed by atoms with E-state index in [2.05, 4.69) is 0 Å². The summed E-state index contributed by atoms with van der Waals surface area (Å²) >= 11 is 0. The summed E-state index contributed by atoms with van der Waals surface area (Å²) < 4.78 is 5.43. The minimum Gasteiger partial charge on any atom is -0.481 e. The van der Waals surface area contributed by atoms with Crippen LogP contribution < -0.4 is 0 Å². The zero-order chi connectivity index (χ0) is 14.8. The van der Waals surface area contributed by atoms with Gasteiger partial charge in [0, 0.05) is 25.6 Å². The Morgan fingerprint density at radius 1 is 1.19 bits per heavy atom. The Labute approximate surface area is 123 Å². The number of ether oxygens (including phenoxy) is 1. The molecule has 2 aliphatic rings. The standard InChI is InChI=1S/C16H19NO4/c18-15(14-7-4-8-21-14)17-9-12(13(10-17)16(19)20)11-5-2-1-3-6-11/h1-3,5-6,12-14H,4,7-10H2,(H,19,20)/t12-,13-,14+/m1/s1. The fourth-order valence-corrected chi connectivity index (χ4v) is 3.25. The number of rotatable bonds is 3. The maximum Gasteiger partial charge on any atom is 0.308 e. The third-order valence-corrected chi connectivity index (χ3v) is 4.38. The van der Waals surface area contributed by atoms with Gasteiger partial charge in [-0.15, -0.1) is 0 Å². The Hall–Kier alpha value is -1.88. The molecule has 0 bridgehead atoms. The molecule has 0 aliphatic carbocycles. The van der Waals surface area contributed by atoms with Crippen LogP contribution >= 0.6 is 0 Å². The van der Waals surface area contributed by atoms with E-state index < -0.39 is 11.9 Å². The number of benzene rings is 1. The van der Waals surface area contributed by atoms with Crippen LogP contribution in [-0.2, 0) is 14.3 Å². The first-order valence-electron chi connectivity index (χ1n) is 7.35. The number of aliphatic carboxylic acids is 1. The van der Waals surface area contributed by atoms with Crippen molar-refractivity contribution in [3.63, 3.8) is 0 Å². The number of carboxylic acids is 1. The number of carboxylic acid groups (broad SMARTS) is 1. The Balaban J connectivity index is 1.78. The highest BCUT2D eigenvalue weighted by molar-refractivity contribution is 5.83. The summed E-state index contributed by atoms with van der Waals surface area (Å²) in [6, 6.07) is 9.57. The molecule has 1 amide bonds. The van der Waals surface area contributed by atoms with E-state index in [0.717, 1.165) is 18.4 Å². The molecule has 5 nitrogen and oxygen atoms in total. The SMILES string of the molecule is O=C(O)[C@@H]1CN(C(=O)[C@@H]2CCCO2)C[C@@H]1c1ccccc1. The predicted octanol–water partition coefficient (Wildman–Crippen LogP) is 1.49. The van der Waals surface area contributed by atoms with E-state index in [1.807, 2.05) is 30.3 Å². The maximum atomic E-state index is 12.4. The van der Waals surface area contributed by atoms with Gasteiger partial charge < -0.3 is 14.7 Å². The molecule has 5 heteroatoms. The largest absolute Gasteiger partial charge is 0.481 e. The van der Waals surface area contributed by atoms with Crippen molar-refractivity contribution in [2.75, 3.05) is 19.7 Å². The lowest BCUT2D eigenvalue weighted by atomic mass is 9.89. The highest BCUT2D eigenvalue weighted by Gasteiger charge is 2.42. The lowest BCUT2D eigenvalue weighted by molar-refractivity contribution is -0.143. The second-order valence-electron chi connectivity index (χ2n) is 5.71. The molecule has 3 atom stereocenters. The number of nitrogens with zero attached hydrogens (tertiary/aromatic N) is 1. The first-order chi connectivity index (χ1) is 10.2. The normalized spacial score (nSPS) is 28.8. The molecular weight excluding hydrogens is 270 g/mol. The number of amides is 1. The highest BCUT2D eigenvalue weighted by atomic mass is 16.5. The van der Waals surface area contributed by atoms with E-state index in [9.17, 15) is 14.7 Å². The molecule has 0 spiro atoms. The average molecular weight is 289 g/mol. The summed E-state index contributed by atoms with van der Waals surface area (Å²) in [5.74, 6) is -1.59. The number of carbonyl (C=O) groups excluding carboxylic acids is 1. The Morgan fingerprint density at radius 3 is 2.57 bits per heavy atom. The molecule has 112 valence electrons. The van der Waals surface area contributed by atoms with Gasteiger partial charge in [-0.2, -0.15) is 0 Å². The van der Waals surface area contributed by atoms with Crippen LogP contribution in [0.1, 0.15) is 24.3 Å². The summed E-state index contributed by atoms with van der Waals surface area (Å²) in [5.41, 5.74) is 0.979.